The predicted octanol–water partition coefficient (Wildman–Crippen LogP) is 0.820. The molecule has 2 aromatic rings. The number of hydrogen-bond donors (Lipinski definition) is 0. The lowest BCUT2D eigenvalue weighted by Crippen LogP contribution is -2.51. The highest BCUT2D eigenvalue weighted by atomic mass is 32.2. The molecule has 0 unspecified atom stereocenters. The molecule has 30 heavy (non-hydrogen) atoms. The summed E-state index contributed by atoms with van der Waals surface area (Å²) in [6, 6.07) is 6.71. The lowest BCUT2D eigenvalue weighted by atomic mass is 10.2. The van der Waals surface area contributed by atoms with Gasteiger partial charge in [0, 0.05) is 31.7 Å². The quantitative estimate of drug-likeness (QED) is 0.643. The third-order valence-electron chi connectivity index (χ3n) is 4.46. The van der Waals surface area contributed by atoms with E-state index in [0.29, 0.717) is 11.3 Å². The molecule has 1 aromatic heterocycles. The summed E-state index contributed by atoms with van der Waals surface area (Å²) in [6.07, 6.45) is -0.451. The smallest absolute Gasteiger partial charge is 0.409 e. The van der Waals surface area contributed by atoms with E-state index in [0.717, 1.165) is 0 Å². The van der Waals surface area contributed by atoms with Crippen molar-refractivity contribution in [1.82, 2.24) is 20.0 Å². The van der Waals surface area contributed by atoms with E-state index in [4.69, 9.17) is 13.9 Å². The Hall–Kier alpha value is -3.15. The van der Waals surface area contributed by atoms with Crippen LogP contribution in [0.15, 0.2) is 33.9 Å². The number of sulfone groups is 1. The Balaban J connectivity index is 1.63. The zero-order chi connectivity index (χ0) is 21.7. The SMILES string of the molecule is CCOC(=O)N1CCN(C(=O)CS(=O)(=O)c2nnc(-c3cccc(OC)c3)o2)CC1. The molecule has 0 radical (unpaired) electrons. The minimum absolute atomic E-state index is 0.00275. The van der Waals surface area contributed by atoms with Gasteiger partial charge in [0.1, 0.15) is 11.5 Å². The highest BCUT2D eigenvalue weighted by molar-refractivity contribution is 7.91. The molecule has 3 rings (SSSR count). The Morgan fingerprint density at radius 1 is 1.13 bits per heavy atom. The van der Waals surface area contributed by atoms with Crippen molar-refractivity contribution in [2.24, 2.45) is 0 Å². The van der Waals surface area contributed by atoms with Gasteiger partial charge in [-0.3, -0.25) is 4.79 Å². The second-order valence-corrected chi connectivity index (χ2v) is 8.30. The molecule has 0 bridgehead atoms. The molecule has 162 valence electrons. The first kappa shape index (κ1) is 21.6. The summed E-state index contributed by atoms with van der Waals surface area (Å²) < 4.78 is 40.4. The average Bonchev–Trinajstić information content (AvgIpc) is 3.25. The fraction of sp³-hybridized carbons (Fsp3) is 0.444. The molecule has 0 spiro atoms. The van der Waals surface area contributed by atoms with Crippen molar-refractivity contribution in [3.05, 3.63) is 24.3 Å². The average molecular weight is 438 g/mol. The Labute approximate surface area is 173 Å². The Morgan fingerprint density at radius 3 is 2.50 bits per heavy atom. The number of benzene rings is 1. The number of nitrogens with zero attached hydrogens (tertiary/aromatic N) is 4. The maximum absolute atomic E-state index is 12.6. The lowest BCUT2D eigenvalue weighted by molar-refractivity contribution is -0.130. The molecule has 0 aliphatic carbocycles. The molecule has 1 aliphatic heterocycles. The molecule has 2 heterocycles. The molecular weight excluding hydrogens is 416 g/mol. The van der Waals surface area contributed by atoms with Crippen LogP contribution in [0.2, 0.25) is 0 Å². The van der Waals surface area contributed by atoms with Crippen LogP contribution in [0, 0.1) is 0 Å². The standard InChI is InChI=1S/C18H22N4O7S/c1-3-28-18(24)22-9-7-21(8-10-22)15(23)12-30(25,26)17-20-19-16(29-17)13-5-4-6-14(11-13)27-2/h4-6,11H,3,7-10,12H2,1-2H3. The summed E-state index contributed by atoms with van der Waals surface area (Å²) in [6.45, 7) is 2.94. The molecule has 0 N–H and O–H groups in total. The van der Waals surface area contributed by atoms with Gasteiger partial charge in [-0.05, 0) is 25.1 Å². The molecule has 1 aromatic carbocycles. The lowest BCUT2D eigenvalue weighted by Gasteiger charge is -2.33. The number of aromatic nitrogens is 2. The van der Waals surface area contributed by atoms with Crippen molar-refractivity contribution in [3.8, 4) is 17.2 Å². The maximum atomic E-state index is 12.6. The van der Waals surface area contributed by atoms with Gasteiger partial charge < -0.3 is 23.7 Å². The van der Waals surface area contributed by atoms with Gasteiger partial charge in [0.05, 0.1) is 13.7 Å². The predicted molar refractivity (Wildman–Crippen MR) is 104 cm³/mol. The number of carbonyl (C=O) groups excluding carboxylic acids is 2. The van der Waals surface area contributed by atoms with Crippen molar-refractivity contribution in [2.45, 2.75) is 12.1 Å². The van der Waals surface area contributed by atoms with E-state index in [-0.39, 0.29) is 38.7 Å². The van der Waals surface area contributed by atoms with Crippen LogP contribution in [0.1, 0.15) is 6.92 Å². The Kier molecular flexibility index (Phi) is 6.55. The van der Waals surface area contributed by atoms with Crippen LogP contribution in [-0.4, -0.2) is 86.1 Å². The highest BCUT2D eigenvalue weighted by Crippen LogP contribution is 2.24. The molecule has 0 atom stereocenters. The number of amides is 2. The van der Waals surface area contributed by atoms with Gasteiger partial charge in [-0.15, -0.1) is 5.10 Å². The van der Waals surface area contributed by atoms with Crippen LogP contribution in [0.4, 0.5) is 4.79 Å². The van der Waals surface area contributed by atoms with Crippen LogP contribution < -0.4 is 4.74 Å². The zero-order valence-corrected chi connectivity index (χ0v) is 17.4. The third-order valence-corrected chi connectivity index (χ3v) is 5.79. The van der Waals surface area contributed by atoms with Crippen LogP contribution in [0.25, 0.3) is 11.5 Å². The van der Waals surface area contributed by atoms with Gasteiger partial charge in [-0.25, -0.2) is 13.2 Å². The number of ether oxygens (including phenoxy) is 2. The first-order valence-electron chi connectivity index (χ1n) is 9.24. The van der Waals surface area contributed by atoms with Gasteiger partial charge in [-0.1, -0.05) is 11.2 Å². The van der Waals surface area contributed by atoms with Crippen LogP contribution in [-0.2, 0) is 19.4 Å². The summed E-state index contributed by atoms with van der Waals surface area (Å²) in [7, 11) is -2.62. The first-order valence-corrected chi connectivity index (χ1v) is 10.9. The molecule has 11 nitrogen and oxygen atoms in total. The fourth-order valence-corrected chi connectivity index (χ4v) is 3.88. The number of piperazine rings is 1. The molecule has 0 saturated carbocycles. The molecule has 12 heteroatoms. The second kappa shape index (κ2) is 9.11. The summed E-state index contributed by atoms with van der Waals surface area (Å²) >= 11 is 0. The minimum Gasteiger partial charge on any atom is -0.497 e. The summed E-state index contributed by atoms with van der Waals surface area (Å²) in [5.74, 6) is -0.846. The van der Waals surface area contributed by atoms with E-state index in [2.05, 4.69) is 10.2 Å². The monoisotopic (exact) mass is 438 g/mol. The second-order valence-electron chi connectivity index (χ2n) is 6.43. The normalized spacial score (nSPS) is 14.5. The topological polar surface area (TPSA) is 132 Å². The van der Waals surface area contributed by atoms with Crippen molar-refractivity contribution < 1.29 is 31.9 Å². The van der Waals surface area contributed by atoms with Crippen LogP contribution in [0.5, 0.6) is 5.75 Å². The van der Waals surface area contributed by atoms with Crippen molar-refractivity contribution in [2.75, 3.05) is 45.6 Å². The Bertz CT molecular complexity index is 1010. The van der Waals surface area contributed by atoms with Gasteiger partial charge in [-0.2, -0.15) is 0 Å². The van der Waals surface area contributed by atoms with Crippen molar-refractivity contribution >= 4 is 21.8 Å². The molecule has 1 aliphatic rings. The van der Waals surface area contributed by atoms with Gasteiger partial charge in [0.25, 0.3) is 0 Å². The van der Waals surface area contributed by atoms with E-state index >= 15 is 0 Å². The third kappa shape index (κ3) is 4.87. The maximum Gasteiger partial charge on any atom is 0.409 e. The van der Waals surface area contributed by atoms with E-state index in [1.807, 2.05) is 0 Å². The fourth-order valence-electron chi connectivity index (χ4n) is 2.88. The van der Waals surface area contributed by atoms with E-state index in [1.54, 1.807) is 31.2 Å². The van der Waals surface area contributed by atoms with E-state index in [1.165, 1.54) is 16.9 Å². The van der Waals surface area contributed by atoms with Gasteiger partial charge >= 0.3 is 11.3 Å². The van der Waals surface area contributed by atoms with Crippen LogP contribution >= 0.6 is 0 Å². The van der Waals surface area contributed by atoms with Gasteiger partial charge in [0.15, 0.2) is 0 Å². The number of rotatable bonds is 6. The highest BCUT2D eigenvalue weighted by Gasteiger charge is 2.31. The minimum atomic E-state index is -4.12. The van der Waals surface area contributed by atoms with Crippen molar-refractivity contribution in [3.63, 3.8) is 0 Å². The molecule has 1 saturated heterocycles. The number of hydrogen-bond acceptors (Lipinski definition) is 9. The zero-order valence-electron chi connectivity index (χ0n) is 16.6. The van der Waals surface area contributed by atoms with Crippen molar-refractivity contribution in [1.29, 1.82) is 0 Å². The largest absolute Gasteiger partial charge is 0.497 e. The first-order chi connectivity index (χ1) is 14.3. The molecule has 2 amide bonds. The Morgan fingerprint density at radius 2 is 1.83 bits per heavy atom. The summed E-state index contributed by atoms with van der Waals surface area (Å²) in [5.41, 5.74) is 0.490. The number of methoxy groups -OCH3 is 1. The van der Waals surface area contributed by atoms with E-state index in [9.17, 15) is 18.0 Å². The summed E-state index contributed by atoms with van der Waals surface area (Å²) in [4.78, 5) is 27.0. The number of carbonyl (C=O) groups is 2. The summed E-state index contributed by atoms with van der Waals surface area (Å²) in [5, 5.41) is 6.72. The van der Waals surface area contributed by atoms with Gasteiger partial charge in [0.2, 0.25) is 21.6 Å². The molecular formula is C18H22N4O7S. The van der Waals surface area contributed by atoms with E-state index < -0.39 is 32.8 Å². The van der Waals surface area contributed by atoms with Crippen LogP contribution in [0.3, 0.4) is 0 Å². The molecule has 1 fully saturated rings.